The van der Waals surface area contributed by atoms with E-state index in [4.69, 9.17) is 9.47 Å². The average molecular weight is 363 g/mol. The normalized spacial score (nSPS) is 13.0. The molecule has 0 fully saturated rings. The van der Waals surface area contributed by atoms with Gasteiger partial charge in [0.1, 0.15) is 18.1 Å². The van der Waals surface area contributed by atoms with Crippen LogP contribution in [0.25, 0.3) is 10.8 Å². The standard InChI is InChI=1S/C23H25NO3/c1-16-8-11-21(12-9-16)26-15-17(2)24-23(25)18(3)27-22-13-10-19-6-4-5-7-20(19)14-22/h4-14,17-18H,15H2,1-3H3,(H,24,25)/t17-,18+/m1/s1. The number of amides is 1. The minimum absolute atomic E-state index is 0.124. The fourth-order valence-electron chi connectivity index (χ4n) is 2.76. The third-order valence-corrected chi connectivity index (χ3v) is 4.31. The molecule has 0 unspecified atom stereocenters. The molecule has 0 saturated carbocycles. The lowest BCUT2D eigenvalue weighted by atomic mass is 10.1. The van der Waals surface area contributed by atoms with Crippen LogP contribution in [0.2, 0.25) is 0 Å². The zero-order valence-corrected chi connectivity index (χ0v) is 15.9. The molecule has 0 saturated heterocycles. The quantitative estimate of drug-likeness (QED) is 0.672. The molecule has 0 spiro atoms. The fourth-order valence-corrected chi connectivity index (χ4v) is 2.76. The van der Waals surface area contributed by atoms with Gasteiger partial charge in [0.15, 0.2) is 6.10 Å². The Morgan fingerprint density at radius 1 is 0.926 bits per heavy atom. The summed E-state index contributed by atoms with van der Waals surface area (Å²) in [7, 11) is 0. The molecule has 140 valence electrons. The lowest BCUT2D eigenvalue weighted by molar-refractivity contribution is -0.128. The Morgan fingerprint density at radius 3 is 2.33 bits per heavy atom. The molecule has 3 aromatic carbocycles. The second-order valence-corrected chi connectivity index (χ2v) is 6.80. The van der Waals surface area contributed by atoms with Crippen LogP contribution in [0.5, 0.6) is 11.5 Å². The van der Waals surface area contributed by atoms with Gasteiger partial charge in [-0.05, 0) is 55.8 Å². The zero-order chi connectivity index (χ0) is 19.2. The highest BCUT2D eigenvalue weighted by atomic mass is 16.5. The summed E-state index contributed by atoms with van der Waals surface area (Å²) in [5, 5.41) is 5.16. The largest absolute Gasteiger partial charge is 0.491 e. The summed E-state index contributed by atoms with van der Waals surface area (Å²) in [5.74, 6) is 1.31. The minimum Gasteiger partial charge on any atom is -0.491 e. The van der Waals surface area contributed by atoms with Gasteiger partial charge in [0, 0.05) is 0 Å². The van der Waals surface area contributed by atoms with Gasteiger partial charge in [-0.1, -0.05) is 48.0 Å². The number of rotatable bonds is 7. The van der Waals surface area contributed by atoms with Crippen LogP contribution in [0, 0.1) is 6.92 Å². The van der Waals surface area contributed by atoms with Gasteiger partial charge in [-0.15, -0.1) is 0 Å². The number of hydrogen-bond donors (Lipinski definition) is 1. The molecular formula is C23H25NO3. The van der Waals surface area contributed by atoms with E-state index >= 15 is 0 Å². The van der Waals surface area contributed by atoms with Gasteiger partial charge in [0.05, 0.1) is 6.04 Å². The van der Waals surface area contributed by atoms with E-state index in [9.17, 15) is 4.79 Å². The predicted molar refractivity (Wildman–Crippen MR) is 108 cm³/mol. The molecule has 0 bridgehead atoms. The maximum atomic E-state index is 12.4. The first-order valence-electron chi connectivity index (χ1n) is 9.16. The van der Waals surface area contributed by atoms with Crippen LogP contribution in [0.3, 0.4) is 0 Å². The highest BCUT2D eigenvalue weighted by Crippen LogP contribution is 2.21. The zero-order valence-electron chi connectivity index (χ0n) is 15.9. The molecule has 27 heavy (non-hydrogen) atoms. The van der Waals surface area contributed by atoms with Crippen LogP contribution >= 0.6 is 0 Å². The molecule has 0 aliphatic rings. The summed E-state index contributed by atoms with van der Waals surface area (Å²) >= 11 is 0. The van der Waals surface area contributed by atoms with Crippen molar-refractivity contribution in [2.45, 2.75) is 32.9 Å². The average Bonchev–Trinajstić information content (AvgIpc) is 2.67. The number of ether oxygens (including phenoxy) is 2. The van der Waals surface area contributed by atoms with Crippen LogP contribution in [0.15, 0.2) is 66.7 Å². The predicted octanol–water partition coefficient (Wildman–Crippen LogP) is 4.50. The number of benzene rings is 3. The van der Waals surface area contributed by atoms with Gasteiger partial charge < -0.3 is 14.8 Å². The van der Waals surface area contributed by atoms with Crippen molar-refractivity contribution >= 4 is 16.7 Å². The van der Waals surface area contributed by atoms with E-state index in [0.29, 0.717) is 12.4 Å². The van der Waals surface area contributed by atoms with Crippen LogP contribution in [-0.4, -0.2) is 24.7 Å². The van der Waals surface area contributed by atoms with Crippen molar-refractivity contribution in [1.29, 1.82) is 0 Å². The van der Waals surface area contributed by atoms with Gasteiger partial charge in [0.2, 0.25) is 0 Å². The Bertz CT molecular complexity index is 905. The molecular weight excluding hydrogens is 338 g/mol. The highest BCUT2D eigenvalue weighted by Gasteiger charge is 2.17. The summed E-state index contributed by atoms with van der Waals surface area (Å²) in [5.41, 5.74) is 1.18. The van der Waals surface area contributed by atoms with Gasteiger partial charge >= 0.3 is 0 Å². The first-order chi connectivity index (χ1) is 13.0. The van der Waals surface area contributed by atoms with Crippen molar-refractivity contribution < 1.29 is 14.3 Å². The van der Waals surface area contributed by atoms with Crippen molar-refractivity contribution in [2.75, 3.05) is 6.61 Å². The van der Waals surface area contributed by atoms with E-state index in [-0.39, 0.29) is 11.9 Å². The maximum absolute atomic E-state index is 12.4. The molecule has 0 aromatic heterocycles. The van der Waals surface area contributed by atoms with Crippen molar-refractivity contribution in [2.24, 2.45) is 0 Å². The monoisotopic (exact) mass is 363 g/mol. The summed E-state index contributed by atoms with van der Waals surface area (Å²) in [6.45, 7) is 6.09. The fraction of sp³-hybridized carbons (Fsp3) is 0.261. The molecule has 0 radical (unpaired) electrons. The number of aryl methyl sites for hydroxylation is 1. The van der Waals surface area contributed by atoms with Gasteiger partial charge in [0.25, 0.3) is 5.91 Å². The molecule has 0 heterocycles. The number of carbonyl (C=O) groups is 1. The van der Waals surface area contributed by atoms with Gasteiger partial charge in [-0.3, -0.25) is 4.79 Å². The third-order valence-electron chi connectivity index (χ3n) is 4.31. The van der Waals surface area contributed by atoms with Crippen LogP contribution < -0.4 is 14.8 Å². The van der Waals surface area contributed by atoms with E-state index in [1.165, 1.54) is 5.56 Å². The number of nitrogens with one attached hydrogen (secondary N) is 1. The highest BCUT2D eigenvalue weighted by molar-refractivity contribution is 5.84. The Hall–Kier alpha value is -3.01. The molecule has 1 amide bonds. The third kappa shape index (κ3) is 5.23. The Labute approximate surface area is 160 Å². The number of fused-ring (bicyclic) bond motifs is 1. The smallest absolute Gasteiger partial charge is 0.261 e. The first-order valence-corrected chi connectivity index (χ1v) is 9.16. The Kier molecular flexibility index (Phi) is 5.97. The summed E-state index contributed by atoms with van der Waals surface area (Å²) < 4.78 is 11.5. The van der Waals surface area contributed by atoms with E-state index in [1.54, 1.807) is 6.92 Å². The number of carbonyl (C=O) groups excluding carboxylic acids is 1. The summed E-state index contributed by atoms with van der Waals surface area (Å²) in [4.78, 5) is 12.4. The van der Waals surface area contributed by atoms with E-state index < -0.39 is 6.10 Å². The Balaban J connectivity index is 1.50. The van der Waals surface area contributed by atoms with Gasteiger partial charge in [-0.25, -0.2) is 0 Å². The molecule has 4 nitrogen and oxygen atoms in total. The molecule has 3 aromatic rings. The second-order valence-electron chi connectivity index (χ2n) is 6.80. The maximum Gasteiger partial charge on any atom is 0.261 e. The lowest BCUT2D eigenvalue weighted by Crippen LogP contribution is -2.43. The molecule has 0 aliphatic heterocycles. The van der Waals surface area contributed by atoms with Gasteiger partial charge in [-0.2, -0.15) is 0 Å². The molecule has 4 heteroatoms. The van der Waals surface area contributed by atoms with E-state index in [1.807, 2.05) is 80.6 Å². The van der Waals surface area contributed by atoms with Crippen LogP contribution in [-0.2, 0) is 4.79 Å². The van der Waals surface area contributed by atoms with Crippen molar-refractivity contribution in [1.82, 2.24) is 5.32 Å². The summed E-state index contributed by atoms with van der Waals surface area (Å²) in [6, 6.07) is 21.6. The van der Waals surface area contributed by atoms with Crippen molar-refractivity contribution in [3.8, 4) is 11.5 Å². The van der Waals surface area contributed by atoms with E-state index in [2.05, 4.69) is 5.32 Å². The lowest BCUT2D eigenvalue weighted by Gasteiger charge is -2.19. The van der Waals surface area contributed by atoms with Crippen molar-refractivity contribution in [3.05, 3.63) is 72.3 Å². The summed E-state index contributed by atoms with van der Waals surface area (Å²) in [6.07, 6.45) is -0.590. The first kappa shape index (κ1) is 18.8. The minimum atomic E-state index is -0.590. The van der Waals surface area contributed by atoms with E-state index in [0.717, 1.165) is 16.5 Å². The van der Waals surface area contributed by atoms with Crippen LogP contribution in [0.1, 0.15) is 19.4 Å². The topological polar surface area (TPSA) is 47.6 Å². The molecule has 2 atom stereocenters. The van der Waals surface area contributed by atoms with Crippen molar-refractivity contribution in [3.63, 3.8) is 0 Å². The molecule has 0 aliphatic carbocycles. The Morgan fingerprint density at radius 2 is 1.59 bits per heavy atom. The molecule has 1 N–H and O–H groups in total. The molecule has 3 rings (SSSR count). The van der Waals surface area contributed by atoms with Crippen LogP contribution in [0.4, 0.5) is 0 Å². The SMILES string of the molecule is Cc1ccc(OC[C@@H](C)NC(=O)[C@H](C)Oc2ccc3ccccc3c2)cc1. The number of hydrogen-bond acceptors (Lipinski definition) is 3. The second kappa shape index (κ2) is 8.58.